The summed E-state index contributed by atoms with van der Waals surface area (Å²) < 4.78 is 13.8. The predicted octanol–water partition coefficient (Wildman–Crippen LogP) is 4.47. The molecule has 0 saturated heterocycles. The van der Waals surface area contributed by atoms with Gasteiger partial charge in [-0.3, -0.25) is 19.3 Å². The minimum Gasteiger partial charge on any atom is -0.480 e. The molecule has 0 spiro atoms. The Balaban J connectivity index is 1.23. The van der Waals surface area contributed by atoms with Crippen LogP contribution in [-0.2, 0) is 25.9 Å². The van der Waals surface area contributed by atoms with Crippen molar-refractivity contribution in [3.05, 3.63) is 89.3 Å². The van der Waals surface area contributed by atoms with Crippen LogP contribution in [-0.4, -0.2) is 87.6 Å². The molecular formula is C38H47N9O5. The number of anilines is 1. The molecular weight excluding hydrogens is 662 g/mol. The number of methoxy groups -OCH3 is 1. The van der Waals surface area contributed by atoms with E-state index in [1.807, 2.05) is 83.6 Å². The largest absolute Gasteiger partial charge is 0.480 e. The molecule has 6 rings (SSSR count). The van der Waals surface area contributed by atoms with Gasteiger partial charge in [-0.25, -0.2) is 14.8 Å². The maximum Gasteiger partial charge on any atom is 0.321 e. The topological polar surface area (TPSA) is 165 Å². The zero-order valence-electron chi connectivity index (χ0n) is 31.0. The van der Waals surface area contributed by atoms with Crippen LogP contribution in [0.5, 0.6) is 5.75 Å². The Bertz CT molecular complexity index is 2030. The molecule has 0 bridgehead atoms. The van der Waals surface area contributed by atoms with E-state index in [1.54, 1.807) is 37.5 Å². The van der Waals surface area contributed by atoms with Crippen LogP contribution in [0.3, 0.4) is 0 Å². The number of amides is 3. The summed E-state index contributed by atoms with van der Waals surface area (Å²) in [6.07, 6.45) is 7.30. The van der Waals surface area contributed by atoms with Crippen LogP contribution in [0.2, 0.25) is 0 Å². The van der Waals surface area contributed by atoms with Crippen molar-refractivity contribution in [3.63, 3.8) is 0 Å². The minimum atomic E-state index is -1.51. The summed E-state index contributed by atoms with van der Waals surface area (Å²) in [6, 6.07) is 11.9. The Hall–Kier alpha value is -5.21. The summed E-state index contributed by atoms with van der Waals surface area (Å²) in [5.74, 6) is 0.934. The maximum atomic E-state index is 13.6. The number of rotatable bonds is 12. The predicted molar refractivity (Wildman–Crippen MR) is 195 cm³/mol. The number of benzene rings is 1. The molecule has 1 fully saturated rings. The molecule has 2 aliphatic rings. The van der Waals surface area contributed by atoms with Crippen LogP contribution in [0.1, 0.15) is 86.8 Å². The number of likely N-dealkylation sites (N-methyl/N-ethyl adjacent to an activating group) is 1. The summed E-state index contributed by atoms with van der Waals surface area (Å²) in [5.41, 5.74) is 0.0612. The number of pyridine rings is 1. The third-order valence-electron chi connectivity index (χ3n) is 9.80. The van der Waals surface area contributed by atoms with E-state index in [1.165, 1.54) is 0 Å². The van der Waals surface area contributed by atoms with Crippen LogP contribution in [0.25, 0.3) is 5.65 Å². The van der Waals surface area contributed by atoms with E-state index in [9.17, 15) is 14.4 Å². The molecule has 14 nitrogen and oxygen atoms in total. The van der Waals surface area contributed by atoms with Crippen LogP contribution in [0.15, 0.2) is 60.8 Å². The molecule has 3 aromatic heterocycles. The Morgan fingerprint density at radius 1 is 1.06 bits per heavy atom. The van der Waals surface area contributed by atoms with E-state index in [0.717, 1.165) is 18.7 Å². The molecule has 0 aliphatic heterocycles. The summed E-state index contributed by atoms with van der Waals surface area (Å²) in [4.78, 5) is 50.8. The highest BCUT2D eigenvalue weighted by Gasteiger charge is 2.45. The smallest absolute Gasteiger partial charge is 0.321 e. The number of carbonyl (C=O) groups excluding carboxylic acids is 3. The summed E-state index contributed by atoms with van der Waals surface area (Å²) >= 11 is 0. The first kappa shape index (κ1) is 36.6. The van der Waals surface area contributed by atoms with Crippen molar-refractivity contribution in [1.82, 2.24) is 40.1 Å². The number of hydrogen-bond donors (Lipinski definition) is 3. The molecule has 2 atom stereocenters. The fraction of sp³-hybridized carbons (Fsp3) is 0.447. The van der Waals surface area contributed by atoms with Gasteiger partial charge in [-0.15, -0.1) is 10.2 Å². The number of ether oxygens (including phenoxy) is 2. The molecule has 274 valence electrons. The molecule has 2 aliphatic carbocycles. The maximum absolute atomic E-state index is 13.6. The Labute approximate surface area is 303 Å². The van der Waals surface area contributed by atoms with Crippen molar-refractivity contribution in [2.45, 2.75) is 75.5 Å². The number of hydrogen-bond acceptors (Lipinski definition) is 10. The average molecular weight is 710 g/mol. The number of aromatic nitrogens is 5. The number of aldehydes is 1. The molecule has 0 unspecified atom stereocenters. The Kier molecular flexibility index (Phi) is 9.66. The zero-order chi connectivity index (χ0) is 37.5. The Morgan fingerprint density at radius 2 is 1.81 bits per heavy atom. The molecule has 3 heterocycles. The van der Waals surface area contributed by atoms with E-state index in [0.29, 0.717) is 47.7 Å². The lowest BCUT2D eigenvalue weighted by Gasteiger charge is -2.34. The number of nitrogens with zero attached hydrogens (tertiary/aromatic N) is 6. The van der Waals surface area contributed by atoms with Gasteiger partial charge in [0.15, 0.2) is 11.9 Å². The SMILES string of the molecule is COCC(C)(C)c1nnc2ccc(O[C@@H]3C=C[C@](C=O)(NC(=O)Nc4cc(C(C)(C)C)nc(C(=O)NCC5(N(C)C)CC5)n4)c4ccccc43)cn12. The first-order chi connectivity index (χ1) is 24.6. The summed E-state index contributed by atoms with van der Waals surface area (Å²) in [5, 5.41) is 17.3. The minimum absolute atomic E-state index is 0.0516. The fourth-order valence-electron chi connectivity index (χ4n) is 6.46. The van der Waals surface area contributed by atoms with Crippen molar-refractivity contribution >= 4 is 29.7 Å². The molecule has 0 radical (unpaired) electrons. The molecule has 1 aromatic carbocycles. The third-order valence-corrected chi connectivity index (χ3v) is 9.80. The fourth-order valence-corrected chi connectivity index (χ4v) is 6.46. The zero-order valence-corrected chi connectivity index (χ0v) is 31.0. The standard InChI is InChI=1S/C38H47N9O5/c1-35(2,3)28-19-29(41-31(40-28)32(49)39-21-37(17-18-37)46(6)7)42-34(50)43-38(22-48)16-15-27(25-11-9-10-12-26(25)38)52-24-13-14-30-44-45-33(47(30)20-24)36(4,5)23-51-8/h9-16,19-20,22,27H,17-18,21,23H2,1-8H3,(H,39,49)(H2,40,41,42,43,50)/t27-,38-/m1/s1. The quantitative estimate of drug-likeness (QED) is 0.141. The van der Waals surface area contributed by atoms with Crippen molar-refractivity contribution in [1.29, 1.82) is 0 Å². The van der Waals surface area contributed by atoms with Crippen molar-refractivity contribution in [2.24, 2.45) is 0 Å². The summed E-state index contributed by atoms with van der Waals surface area (Å²) in [6.45, 7) is 10.9. The van der Waals surface area contributed by atoms with Crippen molar-refractivity contribution in [2.75, 3.05) is 39.7 Å². The number of fused-ring (bicyclic) bond motifs is 2. The van der Waals surface area contributed by atoms with E-state index >= 15 is 0 Å². The summed E-state index contributed by atoms with van der Waals surface area (Å²) in [7, 11) is 5.64. The normalized spacial score (nSPS) is 19.2. The Morgan fingerprint density at radius 3 is 2.48 bits per heavy atom. The molecule has 4 aromatic rings. The second-order valence-electron chi connectivity index (χ2n) is 15.5. The van der Waals surface area contributed by atoms with Crippen LogP contribution >= 0.6 is 0 Å². The van der Waals surface area contributed by atoms with E-state index in [-0.39, 0.29) is 17.2 Å². The van der Waals surface area contributed by atoms with Crippen molar-refractivity contribution < 1.29 is 23.9 Å². The number of carbonyl (C=O) groups is 3. The highest BCUT2D eigenvalue weighted by molar-refractivity contribution is 5.94. The van der Waals surface area contributed by atoms with Crippen molar-refractivity contribution in [3.8, 4) is 5.75 Å². The highest BCUT2D eigenvalue weighted by Crippen LogP contribution is 2.40. The number of nitrogens with one attached hydrogen (secondary N) is 3. The van der Waals surface area contributed by atoms with Gasteiger partial charge in [-0.1, -0.05) is 58.9 Å². The second kappa shape index (κ2) is 13.7. The van der Waals surface area contributed by atoms with E-state index in [4.69, 9.17) is 9.47 Å². The van der Waals surface area contributed by atoms with Gasteiger partial charge in [0.1, 0.15) is 29.0 Å². The van der Waals surface area contributed by atoms with Gasteiger partial charge in [0, 0.05) is 41.7 Å². The lowest BCUT2D eigenvalue weighted by Crippen LogP contribution is -2.49. The van der Waals surface area contributed by atoms with Crippen LogP contribution < -0.4 is 20.7 Å². The third kappa shape index (κ3) is 7.26. The van der Waals surface area contributed by atoms with E-state index < -0.39 is 34.4 Å². The van der Waals surface area contributed by atoms with Gasteiger partial charge in [0.05, 0.1) is 18.5 Å². The van der Waals surface area contributed by atoms with Gasteiger partial charge >= 0.3 is 6.03 Å². The van der Waals surface area contributed by atoms with Gasteiger partial charge < -0.3 is 25.0 Å². The average Bonchev–Trinajstić information content (AvgIpc) is 3.78. The van der Waals surface area contributed by atoms with E-state index in [2.05, 4.69) is 41.0 Å². The second-order valence-corrected chi connectivity index (χ2v) is 15.5. The molecule has 3 N–H and O–H groups in total. The highest BCUT2D eigenvalue weighted by atomic mass is 16.5. The van der Waals surface area contributed by atoms with Gasteiger partial charge in [-0.05, 0) is 56.8 Å². The first-order valence-electron chi connectivity index (χ1n) is 17.3. The monoisotopic (exact) mass is 709 g/mol. The van der Waals surface area contributed by atoms with Gasteiger partial charge in [0.25, 0.3) is 5.91 Å². The molecule has 52 heavy (non-hydrogen) atoms. The van der Waals surface area contributed by atoms with Gasteiger partial charge in [-0.2, -0.15) is 0 Å². The van der Waals surface area contributed by atoms with Crippen LogP contribution in [0.4, 0.5) is 10.6 Å². The van der Waals surface area contributed by atoms with Gasteiger partial charge in [0.2, 0.25) is 5.82 Å². The molecule has 3 amide bonds. The first-order valence-corrected chi connectivity index (χ1v) is 17.3. The van der Waals surface area contributed by atoms with Crippen LogP contribution in [0, 0.1) is 0 Å². The lowest BCUT2D eigenvalue weighted by atomic mass is 9.81. The lowest BCUT2D eigenvalue weighted by molar-refractivity contribution is -0.111. The number of urea groups is 1. The molecule has 1 saturated carbocycles. The molecule has 14 heteroatoms.